The van der Waals surface area contributed by atoms with Crippen molar-refractivity contribution in [3.8, 4) is 11.5 Å². The van der Waals surface area contributed by atoms with Crippen LogP contribution in [0.15, 0.2) is 58.6 Å². The Bertz CT molecular complexity index is 1030. The average Bonchev–Trinajstić information content (AvgIpc) is 3.25. The van der Waals surface area contributed by atoms with E-state index >= 15 is 0 Å². The Morgan fingerprint density at radius 1 is 1.14 bits per heavy atom. The predicted octanol–water partition coefficient (Wildman–Crippen LogP) is 7.27. The van der Waals surface area contributed by atoms with E-state index in [4.69, 9.17) is 15.2 Å². The van der Waals surface area contributed by atoms with Crippen molar-refractivity contribution in [2.75, 3.05) is 19.0 Å². The van der Waals surface area contributed by atoms with Gasteiger partial charge in [0.2, 0.25) is 0 Å². The van der Waals surface area contributed by atoms with E-state index in [9.17, 15) is 18.0 Å². The second-order valence-electron chi connectivity index (χ2n) is 6.72. The van der Waals surface area contributed by atoms with Gasteiger partial charge >= 0.3 is 6.18 Å². The summed E-state index contributed by atoms with van der Waals surface area (Å²) < 4.78 is 51.1. The highest BCUT2D eigenvalue weighted by Crippen LogP contribution is 2.37. The summed E-state index contributed by atoms with van der Waals surface area (Å²) in [6, 6.07) is 8.63. The summed E-state index contributed by atoms with van der Waals surface area (Å²) in [5.74, 6) is 0.0486. The van der Waals surface area contributed by atoms with Crippen LogP contribution in [0.2, 0.25) is 0 Å². The molecule has 1 aromatic carbocycles. The number of alkyl halides is 3. The van der Waals surface area contributed by atoms with E-state index in [0.717, 1.165) is 23.1 Å². The number of nitrogens with one attached hydrogen (secondary N) is 1. The van der Waals surface area contributed by atoms with Crippen LogP contribution in [0.4, 0.5) is 23.9 Å². The molecule has 0 aliphatic carbocycles. The first-order valence-corrected chi connectivity index (χ1v) is 12.0. The summed E-state index contributed by atoms with van der Waals surface area (Å²) in [6.45, 7) is 7.01. The predicted molar refractivity (Wildman–Crippen MR) is 137 cm³/mol. The molecule has 0 fully saturated rings. The van der Waals surface area contributed by atoms with Crippen LogP contribution >= 0.6 is 11.3 Å². The normalized spacial score (nSPS) is 12.2. The summed E-state index contributed by atoms with van der Waals surface area (Å²) in [4.78, 5) is 16.1. The van der Waals surface area contributed by atoms with Gasteiger partial charge in [0.1, 0.15) is 28.0 Å². The fourth-order valence-corrected chi connectivity index (χ4v) is 3.64. The summed E-state index contributed by atoms with van der Waals surface area (Å²) in [7, 11) is 1.57. The number of carbonyl (C=O) groups is 1. The van der Waals surface area contributed by atoms with E-state index in [1.54, 1.807) is 45.2 Å². The number of ether oxygens (including phenoxy) is 2. The second-order valence-corrected chi connectivity index (χ2v) is 7.75. The van der Waals surface area contributed by atoms with E-state index in [-0.39, 0.29) is 29.2 Å². The molecule has 0 aliphatic heterocycles. The van der Waals surface area contributed by atoms with Gasteiger partial charge < -0.3 is 20.5 Å². The van der Waals surface area contributed by atoms with Crippen LogP contribution in [0.1, 0.15) is 50.2 Å². The highest BCUT2D eigenvalue weighted by atomic mass is 32.1. The average molecular weight is 512 g/mol. The Hall–Kier alpha value is -3.27. The number of hydrogen-bond donors (Lipinski definition) is 2. The van der Waals surface area contributed by atoms with Crippen molar-refractivity contribution in [3.05, 3.63) is 58.5 Å². The molecule has 1 aromatic heterocycles. The lowest BCUT2D eigenvalue weighted by Crippen LogP contribution is -2.18. The van der Waals surface area contributed by atoms with Gasteiger partial charge in [-0.15, -0.1) is 11.3 Å². The number of halogens is 3. The molecule has 192 valence electrons. The molecule has 1 heterocycles. The number of amides is 1. The van der Waals surface area contributed by atoms with Gasteiger partial charge in [-0.05, 0) is 42.7 Å². The summed E-state index contributed by atoms with van der Waals surface area (Å²) in [5.41, 5.74) is 5.44. The lowest BCUT2D eigenvalue weighted by atomic mass is 10.0. The van der Waals surface area contributed by atoms with Crippen LogP contribution in [0, 0.1) is 0 Å². The molecule has 0 aliphatic rings. The molecule has 0 atom stereocenters. The van der Waals surface area contributed by atoms with Crippen molar-refractivity contribution >= 4 is 34.3 Å². The molecular weight excluding hydrogens is 479 g/mol. The number of aliphatic imine (C=N–C) groups is 1. The van der Waals surface area contributed by atoms with Crippen LogP contribution < -0.4 is 20.5 Å². The zero-order valence-electron chi connectivity index (χ0n) is 20.5. The fourth-order valence-electron chi connectivity index (χ4n) is 2.84. The van der Waals surface area contributed by atoms with Crippen molar-refractivity contribution in [2.45, 2.75) is 46.7 Å². The number of carbonyl (C=O) groups excluding carboxylic acids is 1. The van der Waals surface area contributed by atoms with Gasteiger partial charge in [-0.25, -0.2) is 4.99 Å². The number of benzene rings is 1. The zero-order valence-corrected chi connectivity index (χ0v) is 21.3. The summed E-state index contributed by atoms with van der Waals surface area (Å²) >= 11 is 0.984. The molecule has 0 saturated heterocycles. The molecule has 6 nitrogen and oxygen atoms in total. The Kier molecular flexibility index (Phi) is 12.6. The van der Waals surface area contributed by atoms with Gasteiger partial charge in [0.05, 0.1) is 19.0 Å². The molecular formula is C25H32F3N3O3S. The largest absolute Gasteiger partial charge is 0.497 e. The molecule has 10 heteroatoms. The minimum absolute atomic E-state index is 0.000283. The van der Waals surface area contributed by atoms with Gasteiger partial charge in [-0.1, -0.05) is 39.8 Å². The number of rotatable bonds is 11. The van der Waals surface area contributed by atoms with E-state index < -0.39 is 17.7 Å². The van der Waals surface area contributed by atoms with Crippen LogP contribution in [0.5, 0.6) is 11.5 Å². The fraction of sp³-hybridized carbons (Fsp3) is 0.360. The Labute approximate surface area is 208 Å². The third kappa shape index (κ3) is 9.48. The highest BCUT2D eigenvalue weighted by molar-refractivity contribution is 7.18. The van der Waals surface area contributed by atoms with Crippen molar-refractivity contribution in [1.29, 1.82) is 0 Å². The molecule has 0 spiro atoms. The van der Waals surface area contributed by atoms with Gasteiger partial charge in [-0.2, -0.15) is 13.2 Å². The van der Waals surface area contributed by atoms with Gasteiger partial charge in [-0.3, -0.25) is 4.79 Å². The quantitative estimate of drug-likeness (QED) is 0.189. The lowest BCUT2D eigenvalue weighted by Gasteiger charge is -2.16. The molecule has 35 heavy (non-hydrogen) atoms. The first-order valence-electron chi connectivity index (χ1n) is 11.2. The molecule has 2 aromatic rings. The second kappa shape index (κ2) is 14.9. The summed E-state index contributed by atoms with van der Waals surface area (Å²) in [5, 5.41) is 3.38. The SMILES string of the molecule is CC.CC/C=C(COc1cc(/N=C/Nc2ccc(OC)cc2)sc1C(N)=O)\C(=C/CC)C(F)(F)F. The number of methoxy groups -OCH3 is 1. The number of primary amides is 1. The minimum atomic E-state index is -4.51. The molecule has 0 bridgehead atoms. The number of allylic oxidation sites excluding steroid dienone is 2. The third-order valence-electron chi connectivity index (χ3n) is 4.32. The standard InChI is InChI=1S/C23H26F3N3O3S.C2H6/c1-4-6-15(18(7-5-2)23(24,25)26)13-32-19-12-20(33-21(19)22(27)30)29-14-28-16-8-10-17(31-3)11-9-16;1-2/h6-12,14H,4-5,13H2,1-3H3,(H2,27,30)(H,28,29);1-2H3/b15-6-,18-7+;. The van der Waals surface area contributed by atoms with Crippen molar-refractivity contribution in [3.63, 3.8) is 0 Å². The number of anilines is 1. The van der Waals surface area contributed by atoms with Crippen LogP contribution in [-0.2, 0) is 0 Å². The van der Waals surface area contributed by atoms with Crippen LogP contribution in [0.3, 0.4) is 0 Å². The zero-order chi connectivity index (χ0) is 26.4. The maximum Gasteiger partial charge on any atom is 0.416 e. The van der Waals surface area contributed by atoms with Gasteiger partial charge in [0.15, 0.2) is 0 Å². The number of thiophene rings is 1. The monoisotopic (exact) mass is 511 g/mol. The topological polar surface area (TPSA) is 85.9 Å². The highest BCUT2D eigenvalue weighted by Gasteiger charge is 2.35. The van der Waals surface area contributed by atoms with Crippen molar-refractivity contribution < 1.29 is 27.4 Å². The Morgan fingerprint density at radius 2 is 1.77 bits per heavy atom. The van der Waals surface area contributed by atoms with Crippen molar-refractivity contribution in [1.82, 2.24) is 0 Å². The van der Waals surface area contributed by atoms with E-state index in [0.29, 0.717) is 17.2 Å². The van der Waals surface area contributed by atoms with E-state index in [1.165, 1.54) is 18.5 Å². The Balaban J connectivity index is 0.00000298. The molecule has 0 saturated carbocycles. The Morgan fingerprint density at radius 3 is 2.29 bits per heavy atom. The maximum atomic E-state index is 13.5. The number of nitrogens with zero attached hydrogens (tertiary/aromatic N) is 1. The van der Waals surface area contributed by atoms with E-state index in [1.807, 2.05) is 13.8 Å². The first kappa shape index (κ1) is 29.8. The van der Waals surface area contributed by atoms with Gasteiger partial charge in [0, 0.05) is 11.8 Å². The molecule has 2 rings (SSSR count). The third-order valence-corrected chi connectivity index (χ3v) is 5.35. The smallest absolute Gasteiger partial charge is 0.416 e. The summed E-state index contributed by atoms with van der Waals surface area (Å²) in [6.07, 6.45) is 0.118. The molecule has 3 N–H and O–H groups in total. The molecule has 1 amide bonds. The van der Waals surface area contributed by atoms with Crippen molar-refractivity contribution in [2.24, 2.45) is 10.7 Å². The molecule has 0 unspecified atom stereocenters. The van der Waals surface area contributed by atoms with E-state index in [2.05, 4.69) is 10.3 Å². The lowest BCUT2D eigenvalue weighted by molar-refractivity contribution is -0.0901. The molecule has 0 radical (unpaired) electrons. The number of nitrogens with two attached hydrogens (primary N) is 1. The minimum Gasteiger partial charge on any atom is -0.497 e. The number of hydrogen-bond acceptors (Lipinski definition) is 5. The maximum absolute atomic E-state index is 13.5. The van der Waals surface area contributed by atoms with Crippen LogP contribution in [-0.4, -0.2) is 32.1 Å². The van der Waals surface area contributed by atoms with Crippen LogP contribution in [0.25, 0.3) is 0 Å². The van der Waals surface area contributed by atoms with Gasteiger partial charge in [0.25, 0.3) is 5.91 Å². The first-order chi connectivity index (χ1) is 16.7.